The zero-order valence-corrected chi connectivity index (χ0v) is 11.6. The summed E-state index contributed by atoms with van der Waals surface area (Å²) in [5, 5.41) is 3.24. The van der Waals surface area contributed by atoms with Crippen molar-refractivity contribution in [2.75, 3.05) is 5.32 Å². The summed E-state index contributed by atoms with van der Waals surface area (Å²) < 4.78 is 13.1. The van der Waals surface area contributed by atoms with E-state index in [0.29, 0.717) is 4.99 Å². The van der Waals surface area contributed by atoms with E-state index < -0.39 is 0 Å². The van der Waals surface area contributed by atoms with E-state index >= 15 is 0 Å². The van der Waals surface area contributed by atoms with Crippen LogP contribution >= 0.6 is 12.2 Å². The Morgan fingerprint density at radius 1 is 1.11 bits per heavy atom. The fourth-order valence-electron chi connectivity index (χ4n) is 1.88. The SMILES string of the molecule is Cc1ccc(Nc2ccc(F)cc2C)c(C(N)=S)c1. The van der Waals surface area contributed by atoms with Gasteiger partial charge < -0.3 is 11.1 Å². The maximum atomic E-state index is 13.1. The molecular formula is C15H15FN2S. The third-order valence-corrected chi connectivity index (χ3v) is 3.12. The van der Waals surface area contributed by atoms with Crippen LogP contribution in [0.3, 0.4) is 0 Å². The number of halogens is 1. The Hall–Kier alpha value is -1.94. The molecule has 3 N–H and O–H groups in total. The number of hydrogen-bond donors (Lipinski definition) is 2. The summed E-state index contributed by atoms with van der Waals surface area (Å²) in [5.74, 6) is -0.249. The molecule has 0 spiro atoms. The molecule has 2 aromatic rings. The molecular weight excluding hydrogens is 259 g/mol. The molecule has 0 aliphatic heterocycles. The lowest BCUT2D eigenvalue weighted by Gasteiger charge is -2.14. The number of anilines is 2. The Labute approximate surface area is 117 Å². The molecule has 19 heavy (non-hydrogen) atoms. The number of thiocarbonyl (C=S) groups is 1. The minimum absolute atomic E-state index is 0.249. The van der Waals surface area contributed by atoms with Gasteiger partial charge in [0.15, 0.2) is 0 Å². The summed E-state index contributed by atoms with van der Waals surface area (Å²) >= 11 is 5.06. The van der Waals surface area contributed by atoms with E-state index in [2.05, 4.69) is 5.32 Å². The molecule has 2 nitrogen and oxygen atoms in total. The maximum Gasteiger partial charge on any atom is 0.123 e. The molecule has 0 heterocycles. The molecule has 2 rings (SSSR count). The first-order chi connectivity index (χ1) is 8.97. The van der Waals surface area contributed by atoms with Crippen LogP contribution in [0.25, 0.3) is 0 Å². The molecule has 0 bridgehead atoms. The quantitative estimate of drug-likeness (QED) is 0.836. The number of aryl methyl sites for hydroxylation is 2. The summed E-state index contributed by atoms with van der Waals surface area (Å²) in [4.78, 5) is 0.339. The molecule has 0 amide bonds. The monoisotopic (exact) mass is 274 g/mol. The highest BCUT2D eigenvalue weighted by atomic mass is 32.1. The first-order valence-corrected chi connectivity index (χ1v) is 6.32. The third-order valence-electron chi connectivity index (χ3n) is 2.90. The fourth-order valence-corrected chi connectivity index (χ4v) is 2.05. The Kier molecular flexibility index (Phi) is 3.81. The van der Waals surface area contributed by atoms with Gasteiger partial charge in [0.05, 0.1) is 0 Å². The smallest absolute Gasteiger partial charge is 0.123 e. The highest BCUT2D eigenvalue weighted by Crippen LogP contribution is 2.25. The second-order valence-electron chi connectivity index (χ2n) is 4.50. The van der Waals surface area contributed by atoms with Crippen molar-refractivity contribution >= 4 is 28.6 Å². The van der Waals surface area contributed by atoms with Gasteiger partial charge in [-0.2, -0.15) is 0 Å². The predicted molar refractivity (Wildman–Crippen MR) is 81.5 cm³/mol. The lowest BCUT2D eigenvalue weighted by atomic mass is 10.1. The molecule has 0 atom stereocenters. The highest BCUT2D eigenvalue weighted by molar-refractivity contribution is 7.80. The van der Waals surface area contributed by atoms with Gasteiger partial charge in [0.25, 0.3) is 0 Å². The minimum Gasteiger partial charge on any atom is -0.389 e. The van der Waals surface area contributed by atoms with Crippen LogP contribution in [-0.2, 0) is 0 Å². The third kappa shape index (κ3) is 3.09. The van der Waals surface area contributed by atoms with Crippen molar-refractivity contribution in [3.8, 4) is 0 Å². The average molecular weight is 274 g/mol. The Morgan fingerprint density at radius 2 is 1.79 bits per heavy atom. The van der Waals surface area contributed by atoms with Gasteiger partial charge in [0.1, 0.15) is 10.8 Å². The Balaban J connectivity index is 2.40. The number of benzene rings is 2. The van der Waals surface area contributed by atoms with E-state index in [4.69, 9.17) is 18.0 Å². The topological polar surface area (TPSA) is 38.0 Å². The van der Waals surface area contributed by atoms with Crippen molar-refractivity contribution < 1.29 is 4.39 Å². The summed E-state index contributed by atoms with van der Waals surface area (Å²) in [7, 11) is 0. The normalized spacial score (nSPS) is 10.3. The van der Waals surface area contributed by atoms with Gasteiger partial charge in [-0.3, -0.25) is 0 Å². The summed E-state index contributed by atoms with van der Waals surface area (Å²) in [6.45, 7) is 3.83. The van der Waals surface area contributed by atoms with Crippen LogP contribution in [0.1, 0.15) is 16.7 Å². The van der Waals surface area contributed by atoms with E-state index in [1.807, 2.05) is 32.0 Å². The molecule has 0 radical (unpaired) electrons. The van der Waals surface area contributed by atoms with Crippen molar-refractivity contribution in [2.45, 2.75) is 13.8 Å². The number of hydrogen-bond acceptors (Lipinski definition) is 2. The van der Waals surface area contributed by atoms with Crippen LogP contribution in [-0.4, -0.2) is 4.99 Å². The van der Waals surface area contributed by atoms with E-state index in [1.54, 1.807) is 6.07 Å². The van der Waals surface area contributed by atoms with Crippen molar-refractivity contribution in [3.05, 3.63) is 58.9 Å². The van der Waals surface area contributed by atoms with E-state index in [0.717, 1.165) is 28.1 Å². The lowest BCUT2D eigenvalue weighted by Crippen LogP contribution is -2.12. The average Bonchev–Trinajstić information content (AvgIpc) is 2.34. The molecule has 0 fully saturated rings. The molecule has 0 unspecified atom stereocenters. The van der Waals surface area contributed by atoms with E-state index in [1.165, 1.54) is 12.1 Å². The van der Waals surface area contributed by atoms with Crippen LogP contribution in [0.15, 0.2) is 36.4 Å². The van der Waals surface area contributed by atoms with Gasteiger partial charge in [-0.1, -0.05) is 23.8 Å². The van der Waals surface area contributed by atoms with Gasteiger partial charge >= 0.3 is 0 Å². The number of nitrogens with one attached hydrogen (secondary N) is 1. The van der Waals surface area contributed by atoms with Crippen molar-refractivity contribution in [2.24, 2.45) is 5.73 Å². The molecule has 2 aromatic carbocycles. The van der Waals surface area contributed by atoms with Gasteiger partial charge in [-0.15, -0.1) is 0 Å². The summed E-state index contributed by atoms with van der Waals surface area (Å²) in [6.07, 6.45) is 0. The van der Waals surface area contributed by atoms with Crippen LogP contribution in [0.4, 0.5) is 15.8 Å². The van der Waals surface area contributed by atoms with Crippen LogP contribution < -0.4 is 11.1 Å². The molecule has 0 aromatic heterocycles. The van der Waals surface area contributed by atoms with Crippen molar-refractivity contribution in [1.82, 2.24) is 0 Å². The predicted octanol–water partition coefficient (Wildman–Crippen LogP) is 3.82. The van der Waals surface area contributed by atoms with Gasteiger partial charge in [-0.25, -0.2) is 4.39 Å². The molecule has 0 saturated heterocycles. The lowest BCUT2D eigenvalue weighted by molar-refractivity contribution is 0.627. The second kappa shape index (κ2) is 5.36. The van der Waals surface area contributed by atoms with E-state index in [-0.39, 0.29) is 5.82 Å². The van der Waals surface area contributed by atoms with Crippen LogP contribution in [0.2, 0.25) is 0 Å². The molecule has 0 aliphatic carbocycles. The van der Waals surface area contributed by atoms with Crippen molar-refractivity contribution in [3.63, 3.8) is 0 Å². The first-order valence-electron chi connectivity index (χ1n) is 5.91. The number of nitrogens with two attached hydrogens (primary N) is 1. The fraction of sp³-hybridized carbons (Fsp3) is 0.133. The summed E-state index contributed by atoms with van der Waals surface area (Å²) in [6, 6.07) is 10.4. The van der Waals surface area contributed by atoms with Gasteiger partial charge in [0.2, 0.25) is 0 Å². The van der Waals surface area contributed by atoms with Crippen LogP contribution in [0, 0.1) is 19.7 Å². The Morgan fingerprint density at radius 3 is 2.42 bits per heavy atom. The Bertz CT molecular complexity index is 638. The molecule has 98 valence electrons. The number of rotatable bonds is 3. The largest absolute Gasteiger partial charge is 0.389 e. The highest BCUT2D eigenvalue weighted by Gasteiger charge is 2.07. The molecule has 0 saturated carbocycles. The molecule has 4 heteroatoms. The van der Waals surface area contributed by atoms with Gasteiger partial charge in [0, 0.05) is 16.9 Å². The van der Waals surface area contributed by atoms with Crippen LogP contribution in [0.5, 0.6) is 0 Å². The minimum atomic E-state index is -0.249. The zero-order valence-electron chi connectivity index (χ0n) is 10.8. The van der Waals surface area contributed by atoms with E-state index in [9.17, 15) is 4.39 Å². The standard InChI is InChI=1S/C15H15FN2S/c1-9-3-5-14(12(7-9)15(17)19)18-13-6-4-11(16)8-10(13)2/h3-8,18H,1-2H3,(H2,17,19). The van der Waals surface area contributed by atoms with Gasteiger partial charge in [-0.05, 0) is 49.7 Å². The maximum absolute atomic E-state index is 13.1. The second-order valence-corrected chi connectivity index (χ2v) is 4.94. The molecule has 0 aliphatic rings. The summed E-state index contributed by atoms with van der Waals surface area (Å²) in [5.41, 5.74) is 10.1. The van der Waals surface area contributed by atoms with Crippen molar-refractivity contribution in [1.29, 1.82) is 0 Å². The zero-order chi connectivity index (χ0) is 14.0. The first kappa shape index (κ1) is 13.5.